The molecule has 0 fully saturated rings. The standard InChI is InChI=1S/C31H25FO6S2/c1-21-15-27(11-14-30(21)38-20-31(33)34)39-28-17-24(4-3-22-5-9-25(32)10-6-22)16-26(18-28)37-19-23-7-12-29(13-8-23)40(2,35)36/h5-18H,19-20H2,1-2H3,(H,33,34). The Morgan fingerprint density at radius 3 is 2.23 bits per heavy atom. The summed E-state index contributed by atoms with van der Waals surface area (Å²) in [5, 5.41) is 8.86. The smallest absolute Gasteiger partial charge is 0.341 e. The second kappa shape index (κ2) is 12.7. The van der Waals surface area contributed by atoms with Gasteiger partial charge in [0.15, 0.2) is 16.4 Å². The van der Waals surface area contributed by atoms with Crippen LogP contribution < -0.4 is 9.47 Å². The third-order valence-corrected chi connectivity index (χ3v) is 7.66. The summed E-state index contributed by atoms with van der Waals surface area (Å²) in [7, 11) is -3.29. The number of carboxylic acid groups (broad SMARTS) is 1. The number of hydrogen-bond acceptors (Lipinski definition) is 6. The number of aliphatic carboxylic acids is 1. The molecule has 0 aliphatic rings. The van der Waals surface area contributed by atoms with Crippen LogP contribution in [0.2, 0.25) is 0 Å². The van der Waals surface area contributed by atoms with Gasteiger partial charge in [-0.2, -0.15) is 0 Å². The Morgan fingerprint density at radius 1 is 0.875 bits per heavy atom. The number of carbonyl (C=O) groups is 1. The van der Waals surface area contributed by atoms with E-state index in [1.807, 2.05) is 31.2 Å². The van der Waals surface area contributed by atoms with Crippen molar-refractivity contribution in [3.63, 3.8) is 0 Å². The average molecular weight is 577 g/mol. The Labute approximate surface area is 236 Å². The number of aryl methyl sites for hydroxylation is 1. The first-order chi connectivity index (χ1) is 19.0. The SMILES string of the molecule is Cc1cc(Sc2cc(C#Cc3ccc(F)cc3)cc(OCc3ccc(S(C)(=O)=O)cc3)c2)ccc1OCC(=O)O. The number of rotatable bonds is 9. The maximum absolute atomic E-state index is 13.3. The molecule has 0 aliphatic carbocycles. The molecule has 0 spiro atoms. The highest BCUT2D eigenvalue weighted by molar-refractivity contribution is 7.99. The molecule has 1 N–H and O–H groups in total. The lowest BCUT2D eigenvalue weighted by Crippen LogP contribution is -2.09. The zero-order valence-electron chi connectivity index (χ0n) is 21.7. The number of sulfone groups is 1. The van der Waals surface area contributed by atoms with Gasteiger partial charge < -0.3 is 14.6 Å². The van der Waals surface area contributed by atoms with Crippen LogP contribution in [-0.4, -0.2) is 32.4 Å². The lowest BCUT2D eigenvalue weighted by Gasteiger charge is -2.11. The lowest BCUT2D eigenvalue weighted by molar-refractivity contribution is -0.139. The van der Waals surface area contributed by atoms with Gasteiger partial charge >= 0.3 is 5.97 Å². The summed E-state index contributed by atoms with van der Waals surface area (Å²) in [6, 6.07) is 23.5. The molecule has 40 heavy (non-hydrogen) atoms. The summed E-state index contributed by atoms with van der Waals surface area (Å²) in [6.45, 7) is 1.65. The summed E-state index contributed by atoms with van der Waals surface area (Å²) in [5.41, 5.74) is 2.96. The lowest BCUT2D eigenvalue weighted by atomic mass is 10.1. The van der Waals surface area contributed by atoms with E-state index in [4.69, 9.17) is 14.6 Å². The van der Waals surface area contributed by atoms with E-state index >= 15 is 0 Å². The van der Waals surface area contributed by atoms with Crippen LogP contribution >= 0.6 is 11.8 Å². The number of ether oxygens (including phenoxy) is 2. The van der Waals surface area contributed by atoms with Crippen LogP contribution in [-0.2, 0) is 21.2 Å². The summed E-state index contributed by atoms with van der Waals surface area (Å²) >= 11 is 1.48. The zero-order valence-corrected chi connectivity index (χ0v) is 23.3. The van der Waals surface area contributed by atoms with Crippen molar-refractivity contribution in [3.8, 4) is 23.3 Å². The summed E-state index contributed by atoms with van der Waals surface area (Å²) < 4.78 is 48.1. The fraction of sp³-hybridized carbons (Fsp3) is 0.129. The van der Waals surface area contributed by atoms with E-state index < -0.39 is 22.4 Å². The molecule has 0 radical (unpaired) electrons. The van der Waals surface area contributed by atoms with Gasteiger partial charge in [-0.25, -0.2) is 17.6 Å². The summed E-state index contributed by atoms with van der Waals surface area (Å²) in [6.07, 6.45) is 1.16. The van der Waals surface area contributed by atoms with Crippen LogP contribution in [0.4, 0.5) is 4.39 Å². The highest BCUT2D eigenvalue weighted by Gasteiger charge is 2.09. The van der Waals surface area contributed by atoms with Crippen molar-refractivity contribution in [1.82, 2.24) is 0 Å². The van der Waals surface area contributed by atoms with E-state index in [9.17, 15) is 17.6 Å². The summed E-state index contributed by atoms with van der Waals surface area (Å²) in [5.74, 6) is 5.83. The van der Waals surface area contributed by atoms with Crippen molar-refractivity contribution in [2.75, 3.05) is 12.9 Å². The van der Waals surface area contributed by atoms with Gasteiger partial charge in [-0.05, 0) is 90.8 Å². The molecule has 0 unspecified atom stereocenters. The molecule has 4 aromatic carbocycles. The second-order valence-electron chi connectivity index (χ2n) is 8.87. The van der Waals surface area contributed by atoms with Crippen molar-refractivity contribution in [3.05, 3.63) is 113 Å². The maximum atomic E-state index is 13.3. The maximum Gasteiger partial charge on any atom is 0.341 e. The Balaban J connectivity index is 1.58. The molecular formula is C31H25FO6S2. The van der Waals surface area contributed by atoms with E-state index in [1.165, 1.54) is 23.9 Å². The molecule has 0 bridgehead atoms. The molecule has 4 aromatic rings. The predicted molar refractivity (Wildman–Crippen MR) is 151 cm³/mol. The van der Waals surface area contributed by atoms with E-state index in [0.717, 1.165) is 27.2 Å². The predicted octanol–water partition coefficient (Wildman–Crippen LogP) is 6.13. The summed E-state index contributed by atoms with van der Waals surface area (Å²) in [4.78, 5) is 12.8. The van der Waals surface area contributed by atoms with Gasteiger partial charge in [-0.1, -0.05) is 35.7 Å². The van der Waals surface area contributed by atoms with Crippen LogP contribution in [0.5, 0.6) is 11.5 Å². The molecule has 0 saturated heterocycles. The zero-order chi connectivity index (χ0) is 28.7. The van der Waals surface area contributed by atoms with E-state index in [-0.39, 0.29) is 17.3 Å². The van der Waals surface area contributed by atoms with Crippen molar-refractivity contribution < 1.29 is 32.2 Å². The first kappa shape index (κ1) is 28.7. The van der Waals surface area contributed by atoms with Crippen LogP contribution in [0.3, 0.4) is 0 Å². The third kappa shape index (κ3) is 8.37. The van der Waals surface area contributed by atoms with Gasteiger partial charge in [-0.15, -0.1) is 0 Å². The Kier molecular flexibility index (Phi) is 9.15. The van der Waals surface area contributed by atoms with Crippen LogP contribution in [0.1, 0.15) is 22.3 Å². The van der Waals surface area contributed by atoms with Gasteiger partial charge in [0.2, 0.25) is 0 Å². The largest absolute Gasteiger partial charge is 0.489 e. The van der Waals surface area contributed by atoms with Gasteiger partial charge in [0.05, 0.1) is 4.90 Å². The Morgan fingerprint density at radius 2 is 1.57 bits per heavy atom. The molecule has 0 atom stereocenters. The quantitative estimate of drug-likeness (QED) is 0.240. The fourth-order valence-electron chi connectivity index (χ4n) is 3.59. The number of hydrogen-bond donors (Lipinski definition) is 1. The molecule has 9 heteroatoms. The second-order valence-corrected chi connectivity index (χ2v) is 12.0. The minimum absolute atomic E-state index is 0.220. The molecule has 204 valence electrons. The normalized spacial score (nSPS) is 10.9. The third-order valence-electron chi connectivity index (χ3n) is 5.57. The molecule has 0 aromatic heterocycles. The minimum Gasteiger partial charge on any atom is -0.489 e. The van der Waals surface area contributed by atoms with Crippen LogP contribution in [0, 0.1) is 24.6 Å². The molecule has 0 heterocycles. The Bertz CT molecular complexity index is 1690. The fourth-order valence-corrected chi connectivity index (χ4v) is 5.22. The molecular weight excluding hydrogens is 551 g/mol. The number of halogens is 1. The molecule has 0 amide bonds. The first-order valence-electron chi connectivity index (χ1n) is 12.0. The van der Waals surface area contributed by atoms with Crippen molar-refractivity contribution in [2.45, 2.75) is 28.2 Å². The van der Waals surface area contributed by atoms with Gasteiger partial charge in [-0.3, -0.25) is 0 Å². The molecule has 0 saturated carbocycles. The van der Waals surface area contributed by atoms with Crippen molar-refractivity contribution in [2.24, 2.45) is 0 Å². The van der Waals surface area contributed by atoms with E-state index in [0.29, 0.717) is 22.6 Å². The van der Waals surface area contributed by atoms with Crippen molar-refractivity contribution in [1.29, 1.82) is 0 Å². The first-order valence-corrected chi connectivity index (χ1v) is 14.7. The highest BCUT2D eigenvalue weighted by atomic mass is 32.2. The van der Waals surface area contributed by atoms with Gasteiger partial charge in [0.1, 0.15) is 23.9 Å². The van der Waals surface area contributed by atoms with Crippen molar-refractivity contribution >= 4 is 27.6 Å². The minimum atomic E-state index is -3.29. The van der Waals surface area contributed by atoms with E-state index in [2.05, 4.69) is 11.8 Å². The molecule has 0 aliphatic heterocycles. The topological polar surface area (TPSA) is 89.9 Å². The monoisotopic (exact) mass is 576 g/mol. The number of benzene rings is 4. The van der Waals surface area contributed by atoms with Crippen LogP contribution in [0.25, 0.3) is 0 Å². The van der Waals surface area contributed by atoms with E-state index in [1.54, 1.807) is 48.5 Å². The average Bonchev–Trinajstić information content (AvgIpc) is 2.91. The van der Waals surface area contributed by atoms with Gasteiger partial charge in [0.25, 0.3) is 0 Å². The molecule has 6 nitrogen and oxygen atoms in total. The van der Waals surface area contributed by atoms with Crippen LogP contribution in [0.15, 0.2) is 99.6 Å². The molecule has 4 rings (SSSR count). The van der Waals surface area contributed by atoms with Gasteiger partial charge in [0, 0.05) is 27.2 Å². The highest BCUT2D eigenvalue weighted by Crippen LogP contribution is 2.34. The Hall–Kier alpha value is -4.26. The number of carboxylic acids is 1.